The van der Waals surface area contributed by atoms with E-state index >= 15 is 0 Å². The number of phenols is 1. The Morgan fingerprint density at radius 1 is 1.18 bits per heavy atom. The monoisotopic (exact) mass is 401 g/mol. The maximum atomic E-state index is 12.8. The van der Waals surface area contributed by atoms with Gasteiger partial charge in [-0.3, -0.25) is 10.1 Å². The lowest BCUT2D eigenvalue weighted by Crippen LogP contribution is -2.34. The third-order valence-corrected chi connectivity index (χ3v) is 4.24. The number of nitrogens with zero attached hydrogens (tertiary/aromatic N) is 2. The van der Waals surface area contributed by atoms with Crippen LogP contribution >= 0.6 is 11.6 Å². The molecule has 0 atom stereocenters. The first-order chi connectivity index (χ1) is 13.4. The minimum absolute atomic E-state index is 0.0603. The van der Waals surface area contributed by atoms with E-state index < -0.39 is 11.0 Å². The number of hydrogen-bond donors (Lipinski definition) is 2. The summed E-state index contributed by atoms with van der Waals surface area (Å²) in [5.41, 5.74) is 0.890. The van der Waals surface area contributed by atoms with Gasteiger partial charge in [0.2, 0.25) is 0 Å². The lowest BCUT2D eigenvalue weighted by molar-refractivity contribution is -0.384. The first kappa shape index (κ1) is 19.2. The van der Waals surface area contributed by atoms with Crippen LogP contribution < -0.4 is 5.32 Å². The SMILES string of the molecule is O=C(Nc1ccc([N+](=O)[O-])cc1Cl)N(Cc1ccc(O)cc1)Cc1ccco1. The molecule has 0 spiro atoms. The number of non-ortho nitro benzene ring substituents is 1. The number of aromatic hydroxyl groups is 1. The van der Waals surface area contributed by atoms with Crippen molar-refractivity contribution in [3.05, 3.63) is 87.3 Å². The molecular formula is C19H16ClN3O5. The topological polar surface area (TPSA) is 109 Å². The van der Waals surface area contributed by atoms with Crippen LogP contribution in [-0.2, 0) is 13.1 Å². The molecule has 0 radical (unpaired) electrons. The summed E-state index contributed by atoms with van der Waals surface area (Å²) in [7, 11) is 0. The first-order valence-electron chi connectivity index (χ1n) is 8.22. The lowest BCUT2D eigenvalue weighted by Gasteiger charge is -2.22. The summed E-state index contributed by atoms with van der Waals surface area (Å²) < 4.78 is 5.32. The number of carbonyl (C=O) groups is 1. The molecule has 0 fully saturated rings. The highest BCUT2D eigenvalue weighted by molar-refractivity contribution is 6.33. The number of amides is 2. The zero-order chi connectivity index (χ0) is 20.1. The molecule has 1 heterocycles. The quantitative estimate of drug-likeness (QED) is 0.456. The van der Waals surface area contributed by atoms with Gasteiger partial charge in [-0.2, -0.15) is 0 Å². The third-order valence-electron chi connectivity index (χ3n) is 3.93. The molecule has 2 aromatic carbocycles. The fourth-order valence-electron chi connectivity index (χ4n) is 2.53. The van der Waals surface area contributed by atoms with Crippen LogP contribution in [0.15, 0.2) is 65.3 Å². The van der Waals surface area contributed by atoms with Crippen LogP contribution in [0.3, 0.4) is 0 Å². The van der Waals surface area contributed by atoms with Crippen molar-refractivity contribution in [2.75, 3.05) is 5.32 Å². The second-order valence-electron chi connectivity index (χ2n) is 5.95. The Bertz CT molecular complexity index is 974. The van der Waals surface area contributed by atoms with Gasteiger partial charge in [0.1, 0.15) is 11.5 Å². The summed E-state index contributed by atoms with van der Waals surface area (Å²) in [5.74, 6) is 0.715. The number of anilines is 1. The molecule has 2 amide bonds. The average molecular weight is 402 g/mol. The minimum Gasteiger partial charge on any atom is -0.508 e. The van der Waals surface area contributed by atoms with Crippen molar-refractivity contribution in [1.82, 2.24) is 4.90 Å². The van der Waals surface area contributed by atoms with Gasteiger partial charge in [0.25, 0.3) is 5.69 Å². The van der Waals surface area contributed by atoms with Crippen molar-refractivity contribution in [1.29, 1.82) is 0 Å². The number of hydrogen-bond acceptors (Lipinski definition) is 5. The van der Waals surface area contributed by atoms with Crippen molar-refractivity contribution < 1.29 is 19.2 Å². The maximum Gasteiger partial charge on any atom is 0.322 e. The van der Waals surface area contributed by atoms with E-state index in [1.165, 1.54) is 41.5 Å². The number of urea groups is 1. The fourth-order valence-corrected chi connectivity index (χ4v) is 2.75. The van der Waals surface area contributed by atoms with Crippen molar-refractivity contribution >= 4 is 29.0 Å². The molecule has 0 aliphatic carbocycles. The van der Waals surface area contributed by atoms with Crippen LogP contribution in [0.5, 0.6) is 5.75 Å². The number of benzene rings is 2. The van der Waals surface area contributed by atoms with E-state index in [0.717, 1.165) is 5.56 Å². The van der Waals surface area contributed by atoms with E-state index in [1.54, 1.807) is 24.3 Å². The van der Waals surface area contributed by atoms with E-state index in [1.807, 2.05) is 0 Å². The van der Waals surface area contributed by atoms with Gasteiger partial charge in [-0.25, -0.2) is 4.79 Å². The molecule has 1 aromatic heterocycles. The highest BCUT2D eigenvalue weighted by atomic mass is 35.5. The molecule has 8 nitrogen and oxygen atoms in total. The van der Waals surface area contributed by atoms with Gasteiger partial charge in [-0.05, 0) is 35.9 Å². The Morgan fingerprint density at radius 3 is 2.54 bits per heavy atom. The minimum atomic E-state index is -0.564. The van der Waals surface area contributed by atoms with Gasteiger partial charge in [-0.1, -0.05) is 23.7 Å². The molecule has 3 rings (SSSR count). The number of nitro groups is 1. The number of rotatable bonds is 6. The standard InChI is InChI=1S/C19H16ClN3O5/c20-17-10-14(23(26)27)5-8-18(17)21-19(25)22(12-16-2-1-9-28-16)11-13-3-6-15(24)7-4-13/h1-10,24H,11-12H2,(H,21,25). The Kier molecular flexibility index (Phi) is 5.81. The number of phenolic OH excluding ortho intramolecular Hbond substituents is 1. The largest absolute Gasteiger partial charge is 0.508 e. The van der Waals surface area contributed by atoms with Crippen LogP contribution in [0.2, 0.25) is 5.02 Å². The Morgan fingerprint density at radius 2 is 1.93 bits per heavy atom. The smallest absolute Gasteiger partial charge is 0.322 e. The number of carbonyl (C=O) groups excluding carboxylic acids is 1. The molecule has 28 heavy (non-hydrogen) atoms. The maximum absolute atomic E-state index is 12.8. The van der Waals surface area contributed by atoms with E-state index in [4.69, 9.17) is 16.0 Å². The van der Waals surface area contributed by atoms with Crippen LogP contribution in [0, 0.1) is 10.1 Å². The molecule has 144 valence electrons. The summed E-state index contributed by atoms with van der Waals surface area (Å²) in [6, 6.07) is 13.3. The van der Waals surface area contributed by atoms with Crippen LogP contribution in [0.1, 0.15) is 11.3 Å². The zero-order valence-corrected chi connectivity index (χ0v) is 15.3. The average Bonchev–Trinajstić information content (AvgIpc) is 3.17. The molecule has 0 saturated heterocycles. The summed E-state index contributed by atoms with van der Waals surface area (Å²) in [5, 5.41) is 23.0. The third kappa shape index (κ3) is 4.80. The Hall–Kier alpha value is -3.52. The van der Waals surface area contributed by atoms with Crippen molar-refractivity contribution in [3.63, 3.8) is 0 Å². The normalized spacial score (nSPS) is 10.5. The van der Waals surface area contributed by atoms with Crippen molar-refractivity contribution in [2.24, 2.45) is 0 Å². The van der Waals surface area contributed by atoms with Gasteiger partial charge in [0, 0.05) is 18.7 Å². The first-order valence-corrected chi connectivity index (χ1v) is 8.60. The summed E-state index contributed by atoms with van der Waals surface area (Å²) in [6.07, 6.45) is 1.51. The summed E-state index contributed by atoms with van der Waals surface area (Å²) >= 11 is 6.06. The van der Waals surface area contributed by atoms with Crippen LogP contribution in [0.4, 0.5) is 16.2 Å². The van der Waals surface area contributed by atoms with Crippen molar-refractivity contribution in [3.8, 4) is 5.75 Å². The molecule has 9 heteroatoms. The van der Waals surface area contributed by atoms with Gasteiger partial charge in [0.15, 0.2) is 0 Å². The fraction of sp³-hybridized carbons (Fsp3) is 0.105. The van der Waals surface area contributed by atoms with Gasteiger partial charge in [0.05, 0.1) is 28.4 Å². The molecular weight excluding hydrogens is 386 g/mol. The van der Waals surface area contributed by atoms with Crippen molar-refractivity contribution in [2.45, 2.75) is 13.1 Å². The van der Waals surface area contributed by atoms with E-state index in [2.05, 4.69) is 5.32 Å². The highest BCUT2D eigenvalue weighted by Crippen LogP contribution is 2.27. The number of nitrogens with one attached hydrogen (secondary N) is 1. The van der Waals surface area contributed by atoms with Gasteiger partial charge >= 0.3 is 6.03 Å². The number of furan rings is 1. The van der Waals surface area contributed by atoms with Gasteiger partial charge < -0.3 is 19.7 Å². The second-order valence-corrected chi connectivity index (χ2v) is 6.36. The number of nitro benzene ring substituents is 1. The molecule has 0 saturated carbocycles. The van der Waals surface area contributed by atoms with E-state index in [-0.39, 0.29) is 35.2 Å². The summed E-state index contributed by atoms with van der Waals surface area (Å²) in [4.78, 5) is 24.6. The second kappa shape index (κ2) is 8.45. The van der Waals surface area contributed by atoms with E-state index in [0.29, 0.717) is 5.76 Å². The van der Waals surface area contributed by atoms with E-state index in [9.17, 15) is 20.0 Å². The summed E-state index contributed by atoms with van der Waals surface area (Å²) in [6.45, 7) is 0.446. The van der Waals surface area contributed by atoms with Crippen LogP contribution in [0.25, 0.3) is 0 Å². The van der Waals surface area contributed by atoms with Crippen LogP contribution in [-0.4, -0.2) is 21.0 Å². The molecule has 0 bridgehead atoms. The predicted molar refractivity (Wildman–Crippen MR) is 103 cm³/mol. The molecule has 2 N–H and O–H groups in total. The molecule has 0 aliphatic heterocycles. The van der Waals surface area contributed by atoms with Gasteiger partial charge in [-0.15, -0.1) is 0 Å². The molecule has 0 unspecified atom stereocenters. The zero-order valence-electron chi connectivity index (χ0n) is 14.5. The highest BCUT2D eigenvalue weighted by Gasteiger charge is 2.18. The lowest BCUT2D eigenvalue weighted by atomic mass is 10.2. The predicted octanol–water partition coefficient (Wildman–Crippen LogP) is 4.78. The number of halogens is 1. The Balaban J connectivity index is 1.79. The Labute approximate surface area is 165 Å². The molecule has 0 aliphatic rings. The molecule has 3 aromatic rings.